The summed E-state index contributed by atoms with van der Waals surface area (Å²) in [6.45, 7) is 10.4. The van der Waals surface area contributed by atoms with Gasteiger partial charge in [0.15, 0.2) is 0 Å². The third-order valence-corrected chi connectivity index (χ3v) is 3.80. The molecule has 6 heteroatoms. The zero-order valence-electron chi connectivity index (χ0n) is 13.7. The lowest BCUT2D eigenvalue weighted by molar-refractivity contribution is 0.0501. The van der Waals surface area contributed by atoms with Crippen LogP contribution < -0.4 is 5.32 Å². The van der Waals surface area contributed by atoms with Gasteiger partial charge in [0.05, 0.1) is 15.8 Å². The Bertz CT molecular complexity index is 329. The highest BCUT2D eigenvalue weighted by molar-refractivity contribution is 14.2. The van der Waals surface area contributed by atoms with E-state index in [-0.39, 0.29) is 12.1 Å². The normalized spacial score (nSPS) is 18.2. The summed E-state index contributed by atoms with van der Waals surface area (Å²) in [5.41, 5.74) is 0.987. The molecule has 0 fully saturated rings. The first-order chi connectivity index (χ1) is 9.90. The Morgan fingerprint density at radius 1 is 1.48 bits per heavy atom. The molecule has 0 spiro atoms. The van der Waals surface area contributed by atoms with Crippen molar-refractivity contribution in [2.24, 2.45) is 0 Å². The lowest BCUT2D eigenvalue weighted by Crippen LogP contribution is -2.39. The Morgan fingerprint density at radius 2 is 2.14 bits per heavy atom. The Kier molecular flexibility index (Phi) is 11.6. The molecular formula is C15H28INO3S. The first-order valence-electron chi connectivity index (χ1n) is 7.48. The molecule has 0 saturated carbocycles. The Balaban J connectivity index is 0.00000191. The van der Waals surface area contributed by atoms with Gasteiger partial charge in [0.2, 0.25) is 0 Å². The molecule has 1 atom stereocenters. The van der Waals surface area contributed by atoms with Crippen molar-refractivity contribution < 1.29 is 13.7 Å². The summed E-state index contributed by atoms with van der Waals surface area (Å²) in [5, 5.41) is 2.92. The smallest absolute Gasteiger partial charge is 0.407 e. The molecule has 0 bridgehead atoms. The van der Waals surface area contributed by atoms with E-state index in [1.54, 1.807) is 0 Å². The van der Waals surface area contributed by atoms with E-state index in [1.807, 2.05) is 34.6 Å². The van der Waals surface area contributed by atoms with Gasteiger partial charge in [0.1, 0.15) is 5.60 Å². The number of rotatable bonds is 5. The number of hydrogen-bond acceptors (Lipinski definition) is 4. The fourth-order valence-electron chi connectivity index (χ4n) is 1.93. The summed E-state index contributed by atoms with van der Waals surface area (Å²) >= 11 is 2.12. The van der Waals surface area contributed by atoms with E-state index in [9.17, 15) is 4.79 Å². The van der Waals surface area contributed by atoms with Gasteiger partial charge in [-0.25, -0.2) is 4.79 Å². The van der Waals surface area contributed by atoms with Gasteiger partial charge >= 0.3 is 6.09 Å². The van der Waals surface area contributed by atoms with Gasteiger partial charge in [0, 0.05) is 27.2 Å². The van der Waals surface area contributed by atoms with Crippen molar-refractivity contribution in [1.29, 1.82) is 0 Å². The molecule has 1 aliphatic carbocycles. The van der Waals surface area contributed by atoms with E-state index in [0.717, 1.165) is 32.3 Å². The van der Waals surface area contributed by atoms with Crippen LogP contribution in [0.1, 0.15) is 60.3 Å². The van der Waals surface area contributed by atoms with E-state index in [1.165, 1.54) is 14.8 Å². The summed E-state index contributed by atoms with van der Waals surface area (Å²) < 4.78 is 10.5. The summed E-state index contributed by atoms with van der Waals surface area (Å²) in [7, 11) is 1.37. The number of hydrogen-bond donors (Lipinski definition) is 1. The second-order valence-electron chi connectivity index (χ2n) is 5.61. The number of carbonyl (C=O) groups is 1. The maximum atomic E-state index is 11.6. The van der Waals surface area contributed by atoms with Gasteiger partial charge in [-0.15, -0.1) is 0 Å². The van der Waals surface area contributed by atoms with Crippen LogP contribution in [0, 0.1) is 0 Å². The molecule has 0 saturated heterocycles. The largest absolute Gasteiger partial charge is 0.444 e. The van der Waals surface area contributed by atoms with Crippen molar-refractivity contribution in [2.45, 2.75) is 71.9 Å². The van der Waals surface area contributed by atoms with Crippen molar-refractivity contribution in [3.05, 3.63) is 11.6 Å². The first kappa shape index (κ1) is 21.0. The minimum absolute atomic E-state index is 0.193. The van der Waals surface area contributed by atoms with E-state index in [0.29, 0.717) is 0 Å². The summed E-state index contributed by atoms with van der Waals surface area (Å²) in [4.78, 5) is 11.6. The van der Waals surface area contributed by atoms with Crippen LogP contribution in [0.25, 0.3) is 0 Å². The van der Waals surface area contributed by atoms with Crippen LogP contribution in [0.5, 0.6) is 0 Å². The standard InChI is InChI=1S/C13H22INO3S.C2H6/c1-13(2,3)18-12(16)15-11-6-4-10(5-7-11)8-9-17-19-14;1-2/h4,11H,5-9H2,1-3H3,(H,15,16);1-2H3. The molecule has 21 heavy (non-hydrogen) atoms. The van der Waals surface area contributed by atoms with Crippen LogP contribution in [0.2, 0.25) is 0 Å². The SMILES string of the molecule is CC.CC(C)(C)OC(=O)NC1CC=C(CCOSI)CC1. The highest BCUT2D eigenvalue weighted by atomic mass is 127. The predicted molar refractivity (Wildman–Crippen MR) is 98.6 cm³/mol. The van der Waals surface area contributed by atoms with Crippen LogP contribution in [0.15, 0.2) is 11.6 Å². The van der Waals surface area contributed by atoms with E-state index in [2.05, 4.69) is 32.6 Å². The highest BCUT2D eigenvalue weighted by Gasteiger charge is 2.20. The molecule has 0 aromatic rings. The molecule has 0 aromatic carbocycles. The topological polar surface area (TPSA) is 47.6 Å². The highest BCUT2D eigenvalue weighted by Crippen LogP contribution is 2.22. The van der Waals surface area contributed by atoms with Crippen molar-refractivity contribution in [2.75, 3.05) is 6.61 Å². The zero-order valence-corrected chi connectivity index (χ0v) is 16.7. The molecule has 0 aliphatic heterocycles. The van der Waals surface area contributed by atoms with Crippen LogP contribution in [0.3, 0.4) is 0 Å². The van der Waals surface area contributed by atoms with E-state index < -0.39 is 5.60 Å². The molecule has 1 amide bonds. The molecule has 1 aliphatic rings. The first-order valence-corrected chi connectivity index (χ1v) is 10.8. The zero-order chi connectivity index (χ0) is 16.3. The Hall–Kier alpha value is 0.0500. The molecule has 1 rings (SSSR count). The van der Waals surface area contributed by atoms with Crippen LogP contribution >= 0.6 is 30.4 Å². The number of amides is 1. The maximum absolute atomic E-state index is 11.6. The minimum Gasteiger partial charge on any atom is -0.444 e. The number of carbonyl (C=O) groups excluding carboxylic acids is 1. The number of nitrogens with one attached hydrogen (secondary N) is 1. The lowest BCUT2D eigenvalue weighted by atomic mass is 9.94. The summed E-state index contributed by atoms with van der Waals surface area (Å²) in [5.74, 6) is 0. The Morgan fingerprint density at radius 3 is 2.62 bits per heavy atom. The molecular weight excluding hydrogens is 401 g/mol. The minimum atomic E-state index is -0.436. The van der Waals surface area contributed by atoms with Gasteiger partial charge in [-0.1, -0.05) is 25.5 Å². The van der Waals surface area contributed by atoms with Crippen LogP contribution in [-0.2, 0) is 8.92 Å². The van der Waals surface area contributed by atoms with Crippen LogP contribution in [0.4, 0.5) is 4.79 Å². The monoisotopic (exact) mass is 429 g/mol. The van der Waals surface area contributed by atoms with Gasteiger partial charge < -0.3 is 14.2 Å². The lowest BCUT2D eigenvalue weighted by Gasteiger charge is -2.25. The van der Waals surface area contributed by atoms with Gasteiger partial charge in [-0.3, -0.25) is 0 Å². The maximum Gasteiger partial charge on any atom is 0.407 e. The van der Waals surface area contributed by atoms with E-state index >= 15 is 0 Å². The van der Waals surface area contributed by atoms with Crippen molar-refractivity contribution in [3.8, 4) is 0 Å². The molecule has 0 heterocycles. The average molecular weight is 429 g/mol. The number of alkyl carbamates (subject to hydrolysis) is 1. The second kappa shape index (κ2) is 11.6. The van der Waals surface area contributed by atoms with E-state index in [4.69, 9.17) is 8.92 Å². The molecule has 4 nitrogen and oxygen atoms in total. The molecule has 1 N–H and O–H groups in total. The quantitative estimate of drug-likeness (QED) is 0.274. The third-order valence-electron chi connectivity index (χ3n) is 2.78. The number of ether oxygens (including phenoxy) is 1. The Labute approximate surface area is 145 Å². The molecule has 0 radical (unpaired) electrons. The molecule has 124 valence electrons. The fraction of sp³-hybridized carbons (Fsp3) is 0.800. The average Bonchev–Trinajstić information content (AvgIpc) is 2.41. The van der Waals surface area contributed by atoms with Gasteiger partial charge in [-0.05, 0) is 46.5 Å². The van der Waals surface area contributed by atoms with Gasteiger partial charge in [-0.2, -0.15) is 0 Å². The van der Waals surface area contributed by atoms with Crippen molar-refractivity contribution in [3.63, 3.8) is 0 Å². The second-order valence-corrected chi connectivity index (χ2v) is 7.06. The molecule has 0 aromatic heterocycles. The third kappa shape index (κ3) is 11.3. The fourth-order valence-corrected chi connectivity index (χ4v) is 2.61. The van der Waals surface area contributed by atoms with Gasteiger partial charge in [0.25, 0.3) is 0 Å². The van der Waals surface area contributed by atoms with Crippen molar-refractivity contribution >= 4 is 36.5 Å². The van der Waals surface area contributed by atoms with Crippen LogP contribution in [-0.4, -0.2) is 24.3 Å². The summed E-state index contributed by atoms with van der Waals surface area (Å²) in [6, 6.07) is 0.193. The number of halogens is 1. The molecule has 1 unspecified atom stereocenters. The summed E-state index contributed by atoms with van der Waals surface area (Å²) in [6.07, 6.45) is 5.76. The van der Waals surface area contributed by atoms with Crippen molar-refractivity contribution in [1.82, 2.24) is 5.32 Å². The predicted octanol–water partition coefficient (Wildman–Crippen LogP) is 5.42.